The number of carbonyl (C=O) groups excluding carboxylic acids is 1. The van der Waals surface area contributed by atoms with E-state index in [2.05, 4.69) is 0 Å². The van der Waals surface area contributed by atoms with Crippen LogP contribution in [-0.2, 0) is 9.59 Å². The predicted octanol–water partition coefficient (Wildman–Crippen LogP) is -0.129. The number of aliphatic carboxylic acids is 1. The highest BCUT2D eigenvalue weighted by Gasteiger charge is 2.27. The fourth-order valence-electron chi connectivity index (χ4n) is 1.78. The number of likely N-dealkylation sites (N-methyl/N-ethyl adjacent to an activating group) is 1. The molecule has 0 unspecified atom stereocenters. The third-order valence-electron chi connectivity index (χ3n) is 2.57. The van der Waals surface area contributed by atoms with Crippen molar-refractivity contribution in [2.24, 2.45) is 5.92 Å². The molecule has 1 aliphatic heterocycles. The Hall–Kier alpha value is -1.10. The Morgan fingerprint density at radius 2 is 2.13 bits per heavy atom. The standard InChI is InChI=1S/C10H18N2O3/c1-11(2)7-9(13)12-5-3-4-8(6-12)10(14)15/h8H,3-7H2,1-2H3,(H,14,15)/t8-/m1/s1. The van der Waals surface area contributed by atoms with Gasteiger partial charge in [0.15, 0.2) is 0 Å². The second-order valence-corrected chi connectivity index (χ2v) is 4.25. The molecule has 0 aromatic carbocycles. The van der Waals surface area contributed by atoms with Gasteiger partial charge in [0.2, 0.25) is 5.91 Å². The van der Waals surface area contributed by atoms with E-state index in [0.29, 0.717) is 26.1 Å². The summed E-state index contributed by atoms with van der Waals surface area (Å²) in [6.07, 6.45) is 1.47. The Balaban J connectivity index is 2.48. The number of hydrogen-bond donors (Lipinski definition) is 1. The van der Waals surface area contributed by atoms with Gasteiger partial charge in [-0.2, -0.15) is 0 Å². The maximum absolute atomic E-state index is 11.7. The van der Waals surface area contributed by atoms with Crippen LogP contribution in [0.5, 0.6) is 0 Å². The molecule has 0 saturated carbocycles. The van der Waals surface area contributed by atoms with Crippen LogP contribution in [0.25, 0.3) is 0 Å². The largest absolute Gasteiger partial charge is 0.481 e. The van der Waals surface area contributed by atoms with Crippen LogP contribution in [0.3, 0.4) is 0 Å². The van der Waals surface area contributed by atoms with Gasteiger partial charge in [0.05, 0.1) is 12.5 Å². The van der Waals surface area contributed by atoms with Crippen molar-refractivity contribution < 1.29 is 14.7 Å². The molecule has 86 valence electrons. The summed E-state index contributed by atoms with van der Waals surface area (Å²) < 4.78 is 0. The number of likely N-dealkylation sites (tertiary alicyclic amines) is 1. The molecule has 1 heterocycles. The van der Waals surface area contributed by atoms with Crippen molar-refractivity contribution in [2.45, 2.75) is 12.8 Å². The number of carboxylic acids is 1. The van der Waals surface area contributed by atoms with Crippen LogP contribution >= 0.6 is 0 Å². The Morgan fingerprint density at radius 1 is 1.47 bits per heavy atom. The monoisotopic (exact) mass is 214 g/mol. The third kappa shape index (κ3) is 3.51. The van der Waals surface area contributed by atoms with Crippen LogP contribution in [0, 0.1) is 5.92 Å². The van der Waals surface area contributed by atoms with Crippen LogP contribution in [-0.4, -0.2) is 60.5 Å². The molecular weight excluding hydrogens is 196 g/mol. The minimum absolute atomic E-state index is 0.0194. The molecular formula is C10H18N2O3. The number of carbonyl (C=O) groups is 2. The summed E-state index contributed by atoms with van der Waals surface area (Å²) >= 11 is 0. The highest BCUT2D eigenvalue weighted by molar-refractivity contribution is 5.79. The molecule has 0 radical (unpaired) electrons. The van der Waals surface area contributed by atoms with Crippen LogP contribution in [0.15, 0.2) is 0 Å². The van der Waals surface area contributed by atoms with Crippen LogP contribution < -0.4 is 0 Å². The first-order valence-corrected chi connectivity index (χ1v) is 5.16. The lowest BCUT2D eigenvalue weighted by Gasteiger charge is -2.31. The van der Waals surface area contributed by atoms with Gasteiger partial charge in [-0.15, -0.1) is 0 Å². The number of hydrogen-bond acceptors (Lipinski definition) is 3. The van der Waals surface area contributed by atoms with E-state index >= 15 is 0 Å². The molecule has 1 amide bonds. The number of amides is 1. The first kappa shape index (κ1) is 12.0. The Morgan fingerprint density at radius 3 is 2.67 bits per heavy atom. The zero-order valence-electron chi connectivity index (χ0n) is 9.27. The van der Waals surface area contributed by atoms with E-state index in [1.165, 1.54) is 0 Å². The zero-order chi connectivity index (χ0) is 11.4. The number of rotatable bonds is 3. The first-order valence-electron chi connectivity index (χ1n) is 5.16. The second kappa shape index (κ2) is 5.11. The van der Waals surface area contributed by atoms with Crippen molar-refractivity contribution in [2.75, 3.05) is 33.7 Å². The van der Waals surface area contributed by atoms with Crippen LogP contribution in [0.2, 0.25) is 0 Å². The number of nitrogens with zero attached hydrogens (tertiary/aromatic N) is 2. The lowest BCUT2D eigenvalue weighted by atomic mass is 9.98. The topological polar surface area (TPSA) is 60.9 Å². The van der Waals surface area contributed by atoms with Crippen molar-refractivity contribution in [1.29, 1.82) is 0 Å². The van der Waals surface area contributed by atoms with E-state index in [1.807, 2.05) is 14.1 Å². The normalized spacial score (nSPS) is 21.8. The average molecular weight is 214 g/mol. The zero-order valence-corrected chi connectivity index (χ0v) is 9.27. The van der Waals surface area contributed by atoms with E-state index in [9.17, 15) is 9.59 Å². The van der Waals surface area contributed by atoms with Gasteiger partial charge < -0.3 is 14.9 Å². The summed E-state index contributed by atoms with van der Waals surface area (Å²) in [6.45, 7) is 1.41. The van der Waals surface area contributed by atoms with Crippen LogP contribution in [0.1, 0.15) is 12.8 Å². The van der Waals surface area contributed by atoms with E-state index in [1.54, 1.807) is 9.80 Å². The molecule has 1 atom stereocenters. The van der Waals surface area contributed by atoms with Crippen LogP contribution in [0.4, 0.5) is 0 Å². The molecule has 1 N–H and O–H groups in total. The molecule has 0 spiro atoms. The summed E-state index contributed by atoms with van der Waals surface area (Å²) in [5.74, 6) is -1.16. The molecule has 5 heteroatoms. The Bertz CT molecular complexity index is 253. The summed E-state index contributed by atoms with van der Waals surface area (Å²) in [4.78, 5) is 25.9. The average Bonchev–Trinajstić information content (AvgIpc) is 2.17. The molecule has 1 saturated heterocycles. The second-order valence-electron chi connectivity index (χ2n) is 4.25. The molecule has 0 aromatic heterocycles. The van der Waals surface area contributed by atoms with Gasteiger partial charge in [-0.3, -0.25) is 9.59 Å². The first-order chi connectivity index (χ1) is 7.00. The van der Waals surface area contributed by atoms with Gasteiger partial charge in [0.1, 0.15) is 0 Å². The van der Waals surface area contributed by atoms with Crippen molar-refractivity contribution in [3.63, 3.8) is 0 Å². The van der Waals surface area contributed by atoms with Crippen molar-refractivity contribution in [1.82, 2.24) is 9.80 Å². The van der Waals surface area contributed by atoms with Gasteiger partial charge in [-0.1, -0.05) is 0 Å². The SMILES string of the molecule is CN(C)CC(=O)N1CCC[C@@H](C(=O)O)C1. The summed E-state index contributed by atoms with van der Waals surface area (Å²) in [5, 5.41) is 8.87. The fraction of sp³-hybridized carbons (Fsp3) is 0.800. The van der Waals surface area contributed by atoms with Gasteiger partial charge in [-0.05, 0) is 26.9 Å². The van der Waals surface area contributed by atoms with Crippen molar-refractivity contribution in [3.8, 4) is 0 Å². The summed E-state index contributed by atoms with van der Waals surface area (Å²) in [6, 6.07) is 0. The van der Waals surface area contributed by atoms with Gasteiger partial charge in [-0.25, -0.2) is 0 Å². The number of piperidine rings is 1. The van der Waals surface area contributed by atoms with E-state index in [4.69, 9.17) is 5.11 Å². The molecule has 0 aliphatic carbocycles. The minimum Gasteiger partial charge on any atom is -0.481 e. The summed E-state index contributed by atoms with van der Waals surface area (Å²) in [7, 11) is 3.66. The Kier molecular flexibility index (Phi) is 4.08. The van der Waals surface area contributed by atoms with Gasteiger partial charge in [0.25, 0.3) is 0 Å². The molecule has 1 rings (SSSR count). The van der Waals surface area contributed by atoms with Gasteiger partial charge >= 0.3 is 5.97 Å². The molecule has 1 aliphatic rings. The lowest BCUT2D eigenvalue weighted by Crippen LogP contribution is -2.45. The molecule has 0 bridgehead atoms. The molecule has 0 aromatic rings. The van der Waals surface area contributed by atoms with E-state index in [-0.39, 0.29) is 11.8 Å². The minimum atomic E-state index is -0.794. The molecule has 1 fully saturated rings. The Labute approximate surface area is 89.7 Å². The highest BCUT2D eigenvalue weighted by Crippen LogP contribution is 2.16. The smallest absolute Gasteiger partial charge is 0.308 e. The maximum Gasteiger partial charge on any atom is 0.308 e. The lowest BCUT2D eigenvalue weighted by molar-refractivity contribution is -0.145. The van der Waals surface area contributed by atoms with Crippen molar-refractivity contribution >= 4 is 11.9 Å². The highest BCUT2D eigenvalue weighted by atomic mass is 16.4. The molecule has 5 nitrogen and oxygen atoms in total. The van der Waals surface area contributed by atoms with E-state index in [0.717, 1.165) is 6.42 Å². The maximum atomic E-state index is 11.7. The van der Waals surface area contributed by atoms with E-state index < -0.39 is 5.97 Å². The van der Waals surface area contributed by atoms with Crippen molar-refractivity contribution in [3.05, 3.63) is 0 Å². The third-order valence-corrected chi connectivity index (χ3v) is 2.57. The molecule has 15 heavy (non-hydrogen) atoms. The van der Waals surface area contributed by atoms with Gasteiger partial charge in [0, 0.05) is 13.1 Å². The number of carboxylic acid groups (broad SMARTS) is 1. The fourth-order valence-corrected chi connectivity index (χ4v) is 1.78. The predicted molar refractivity (Wildman–Crippen MR) is 55.5 cm³/mol. The quantitative estimate of drug-likeness (QED) is 0.711. The summed E-state index contributed by atoms with van der Waals surface area (Å²) in [5.41, 5.74) is 0.